The van der Waals surface area contributed by atoms with Gasteiger partial charge in [-0.25, -0.2) is 4.98 Å². The molecule has 3 rings (SSSR count). The van der Waals surface area contributed by atoms with Gasteiger partial charge in [-0.05, 0) is 56.2 Å². The molecule has 0 aromatic carbocycles. The van der Waals surface area contributed by atoms with Crippen molar-refractivity contribution in [2.24, 2.45) is 17.8 Å². The summed E-state index contributed by atoms with van der Waals surface area (Å²) in [6.45, 7) is 2.02. The van der Waals surface area contributed by atoms with Crippen molar-refractivity contribution in [2.45, 2.75) is 32.2 Å². The largest absolute Gasteiger partial charge is 0.359 e. The number of anilines is 1. The lowest BCUT2D eigenvalue weighted by molar-refractivity contribution is 0.337. The Bertz CT molecular complexity index is 432. The van der Waals surface area contributed by atoms with Gasteiger partial charge in [0.15, 0.2) is 0 Å². The number of nitrogens with one attached hydrogen (secondary N) is 1. The van der Waals surface area contributed by atoms with Crippen molar-refractivity contribution >= 4 is 5.82 Å². The predicted molar refractivity (Wildman–Crippen MR) is 79.2 cm³/mol. The maximum atomic E-state index is 4.73. The molecular weight excluding hydrogens is 234 g/mol. The first kappa shape index (κ1) is 12.9. The van der Waals surface area contributed by atoms with E-state index in [0.29, 0.717) is 0 Å². The first-order valence-electron chi connectivity index (χ1n) is 7.58. The molecule has 104 valence electrons. The second-order valence-electron chi connectivity index (χ2n) is 6.33. The van der Waals surface area contributed by atoms with Gasteiger partial charge in [-0.1, -0.05) is 12.5 Å². The summed E-state index contributed by atoms with van der Waals surface area (Å²) in [4.78, 5) is 7.08. The van der Waals surface area contributed by atoms with Crippen molar-refractivity contribution in [1.82, 2.24) is 10.3 Å². The van der Waals surface area contributed by atoms with Crippen molar-refractivity contribution in [3.05, 3.63) is 23.9 Å². The minimum absolute atomic E-state index is 0.843. The van der Waals surface area contributed by atoms with Gasteiger partial charge in [0.25, 0.3) is 0 Å². The van der Waals surface area contributed by atoms with Crippen molar-refractivity contribution in [1.29, 1.82) is 0 Å². The molecule has 1 aromatic heterocycles. The second kappa shape index (κ2) is 5.49. The molecule has 0 spiro atoms. The summed E-state index contributed by atoms with van der Waals surface area (Å²) in [5.74, 6) is 4.05. The molecule has 2 fully saturated rings. The first-order chi connectivity index (χ1) is 9.26. The fraction of sp³-hybridized carbons (Fsp3) is 0.688. The Balaban J connectivity index is 1.63. The normalized spacial score (nSPS) is 28.8. The third-order valence-corrected chi connectivity index (χ3v) is 4.93. The van der Waals surface area contributed by atoms with Crippen molar-refractivity contribution < 1.29 is 0 Å². The number of hydrogen-bond acceptors (Lipinski definition) is 3. The van der Waals surface area contributed by atoms with Gasteiger partial charge in [0.05, 0.1) is 5.69 Å². The van der Waals surface area contributed by atoms with E-state index in [9.17, 15) is 0 Å². The van der Waals surface area contributed by atoms with Crippen LogP contribution in [-0.4, -0.2) is 25.6 Å². The van der Waals surface area contributed by atoms with E-state index in [2.05, 4.69) is 35.5 Å². The third-order valence-electron chi connectivity index (χ3n) is 4.93. The van der Waals surface area contributed by atoms with Crippen LogP contribution in [0.3, 0.4) is 0 Å². The lowest BCUT2D eigenvalue weighted by Crippen LogP contribution is -2.29. The molecule has 2 aliphatic carbocycles. The first-order valence-corrected chi connectivity index (χ1v) is 7.58. The van der Waals surface area contributed by atoms with Crippen LogP contribution in [0.25, 0.3) is 0 Å². The van der Waals surface area contributed by atoms with E-state index in [0.717, 1.165) is 35.8 Å². The highest BCUT2D eigenvalue weighted by Crippen LogP contribution is 2.48. The van der Waals surface area contributed by atoms with Gasteiger partial charge in [-0.2, -0.15) is 0 Å². The van der Waals surface area contributed by atoms with Crippen LogP contribution in [0.15, 0.2) is 18.2 Å². The van der Waals surface area contributed by atoms with Crippen LogP contribution >= 0.6 is 0 Å². The van der Waals surface area contributed by atoms with Gasteiger partial charge in [0.1, 0.15) is 5.82 Å². The Morgan fingerprint density at radius 1 is 1.32 bits per heavy atom. The molecule has 0 aliphatic heterocycles. The van der Waals surface area contributed by atoms with E-state index in [1.165, 1.54) is 32.2 Å². The van der Waals surface area contributed by atoms with Crippen molar-refractivity contribution in [2.75, 3.05) is 25.5 Å². The molecular formula is C16H25N3. The third kappa shape index (κ3) is 2.76. The molecule has 1 aromatic rings. The molecule has 0 radical (unpaired) electrons. The van der Waals surface area contributed by atoms with Crippen LogP contribution < -0.4 is 10.2 Å². The van der Waals surface area contributed by atoms with E-state index >= 15 is 0 Å². The Morgan fingerprint density at radius 3 is 2.89 bits per heavy atom. The summed E-state index contributed by atoms with van der Waals surface area (Å²) in [5.41, 5.74) is 1.12. The molecule has 3 atom stereocenters. The quantitative estimate of drug-likeness (QED) is 0.881. The minimum atomic E-state index is 0.843. The molecule has 0 saturated heterocycles. The lowest BCUT2D eigenvalue weighted by atomic mass is 9.88. The summed E-state index contributed by atoms with van der Waals surface area (Å²) in [5, 5.41) is 3.16. The van der Waals surface area contributed by atoms with Crippen LogP contribution in [0.4, 0.5) is 5.82 Å². The Kier molecular flexibility index (Phi) is 3.74. The average molecular weight is 259 g/mol. The minimum Gasteiger partial charge on any atom is -0.359 e. The molecule has 3 heteroatoms. The van der Waals surface area contributed by atoms with Crippen LogP contribution in [0, 0.1) is 17.8 Å². The van der Waals surface area contributed by atoms with Gasteiger partial charge in [0, 0.05) is 20.1 Å². The van der Waals surface area contributed by atoms with E-state index in [4.69, 9.17) is 4.98 Å². The Morgan fingerprint density at radius 2 is 2.21 bits per heavy atom. The van der Waals surface area contributed by atoms with Gasteiger partial charge < -0.3 is 10.2 Å². The zero-order valence-corrected chi connectivity index (χ0v) is 12.1. The zero-order valence-electron chi connectivity index (χ0n) is 12.1. The van der Waals surface area contributed by atoms with E-state index < -0.39 is 0 Å². The summed E-state index contributed by atoms with van der Waals surface area (Å²) in [7, 11) is 4.16. The SMILES string of the molecule is CNCc1cccc(N(C)CC2CC3CCC2C3)n1. The average Bonchev–Trinajstić information content (AvgIpc) is 3.02. The van der Waals surface area contributed by atoms with Gasteiger partial charge in [-0.15, -0.1) is 0 Å². The number of nitrogens with zero attached hydrogens (tertiary/aromatic N) is 2. The monoisotopic (exact) mass is 259 g/mol. The van der Waals surface area contributed by atoms with Crippen molar-refractivity contribution in [3.8, 4) is 0 Å². The topological polar surface area (TPSA) is 28.2 Å². The zero-order chi connectivity index (χ0) is 13.2. The van der Waals surface area contributed by atoms with Gasteiger partial charge in [0.2, 0.25) is 0 Å². The standard InChI is InChI=1S/C16H25N3/c1-17-10-15-4-3-5-16(18-15)19(2)11-14-9-12-6-7-13(14)8-12/h3-5,12-14,17H,6-11H2,1-2H3. The summed E-state index contributed by atoms with van der Waals surface area (Å²) in [6.07, 6.45) is 5.90. The molecule has 2 saturated carbocycles. The lowest BCUT2D eigenvalue weighted by Gasteiger charge is -2.28. The molecule has 2 aliphatic rings. The summed E-state index contributed by atoms with van der Waals surface area (Å²) < 4.78 is 0. The molecule has 1 N–H and O–H groups in total. The second-order valence-corrected chi connectivity index (χ2v) is 6.33. The van der Waals surface area contributed by atoms with Crippen LogP contribution in [-0.2, 0) is 6.54 Å². The fourth-order valence-corrected chi connectivity index (χ4v) is 4.00. The smallest absolute Gasteiger partial charge is 0.128 e. The van der Waals surface area contributed by atoms with Crippen LogP contribution in [0.5, 0.6) is 0 Å². The number of pyridine rings is 1. The maximum absolute atomic E-state index is 4.73. The predicted octanol–water partition coefficient (Wildman–Crippen LogP) is 2.67. The summed E-state index contributed by atoms with van der Waals surface area (Å²) in [6, 6.07) is 6.34. The number of fused-ring (bicyclic) bond motifs is 2. The van der Waals surface area contributed by atoms with E-state index in [1.807, 2.05) is 7.05 Å². The van der Waals surface area contributed by atoms with Crippen LogP contribution in [0.1, 0.15) is 31.4 Å². The van der Waals surface area contributed by atoms with Gasteiger partial charge in [-0.3, -0.25) is 0 Å². The number of rotatable bonds is 5. The Labute approximate surface area is 116 Å². The molecule has 1 heterocycles. The number of hydrogen-bond donors (Lipinski definition) is 1. The highest BCUT2D eigenvalue weighted by molar-refractivity contribution is 5.38. The highest BCUT2D eigenvalue weighted by atomic mass is 15.2. The molecule has 3 nitrogen and oxygen atoms in total. The van der Waals surface area contributed by atoms with Crippen LogP contribution in [0.2, 0.25) is 0 Å². The fourth-order valence-electron chi connectivity index (χ4n) is 4.00. The highest BCUT2D eigenvalue weighted by Gasteiger charge is 2.39. The van der Waals surface area contributed by atoms with Crippen molar-refractivity contribution in [3.63, 3.8) is 0 Å². The maximum Gasteiger partial charge on any atom is 0.128 e. The molecule has 3 unspecified atom stereocenters. The molecule has 19 heavy (non-hydrogen) atoms. The Hall–Kier alpha value is -1.09. The molecule has 2 bridgehead atoms. The summed E-state index contributed by atoms with van der Waals surface area (Å²) >= 11 is 0. The van der Waals surface area contributed by atoms with E-state index in [1.54, 1.807) is 0 Å². The number of aromatic nitrogens is 1. The van der Waals surface area contributed by atoms with Gasteiger partial charge >= 0.3 is 0 Å². The molecule has 0 amide bonds. The van der Waals surface area contributed by atoms with E-state index in [-0.39, 0.29) is 0 Å².